The lowest BCUT2D eigenvalue weighted by Crippen LogP contribution is -2.30. The molecule has 0 saturated carbocycles. The molecule has 4 nitrogen and oxygen atoms in total. The lowest BCUT2D eigenvalue weighted by molar-refractivity contribution is 0.0934. The van der Waals surface area contributed by atoms with Crippen LogP contribution in [0, 0.1) is 5.92 Å². The number of carbonyl (C=O) groups excluding carboxylic acids is 1. The van der Waals surface area contributed by atoms with E-state index in [1.54, 1.807) is 25.3 Å². The molecule has 1 aromatic carbocycles. The van der Waals surface area contributed by atoms with E-state index in [0.717, 1.165) is 0 Å². The van der Waals surface area contributed by atoms with Gasteiger partial charge >= 0.3 is 0 Å². The van der Waals surface area contributed by atoms with Crippen molar-refractivity contribution in [3.05, 3.63) is 28.8 Å². The summed E-state index contributed by atoms with van der Waals surface area (Å²) in [4.78, 5) is 11.8. The van der Waals surface area contributed by atoms with Gasteiger partial charge in [0, 0.05) is 19.3 Å². The highest BCUT2D eigenvalue weighted by atomic mass is 35.5. The molecule has 0 radical (unpaired) electrons. The Kier molecular flexibility index (Phi) is 5.25. The number of methoxy groups -OCH3 is 1. The van der Waals surface area contributed by atoms with Gasteiger partial charge in [-0.05, 0) is 24.1 Å². The first kappa shape index (κ1) is 13.8. The van der Waals surface area contributed by atoms with Crippen LogP contribution in [0.25, 0.3) is 0 Å². The monoisotopic (exact) mass is 256 g/mol. The minimum absolute atomic E-state index is 0.196. The van der Waals surface area contributed by atoms with Gasteiger partial charge in [-0.3, -0.25) is 4.79 Å². The Morgan fingerprint density at radius 1 is 1.59 bits per heavy atom. The molecule has 0 fully saturated rings. The average Bonchev–Trinajstić information content (AvgIpc) is 2.26. The highest BCUT2D eigenvalue weighted by molar-refractivity contribution is 6.34. The molecule has 0 aliphatic heterocycles. The van der Waals surface area contributed by atoms with E-state index in [1.807, 2.05) is 6.92 Å². The number of benzene rings is 1. The Labute approximate surface area is 106 Å². The maximum absolute atomic E-state index is 11.8. The average molecular weight is 257 g/mol. The van der Waals surface area contributed by atoms with E-state index in [9.17, 15) is 4.79 Å². The number of anilines is 1. The van der Waals surface area contributed by atoms with E-state index < -0.39 is 0 Å². The third-order valence-corrected chi connectivity index (χ3v) is 2.61. The summed E-state index contributed by atoms with van der Waals surface area (Å²) in [6.45, 7) is 3.15. The number of nitrogens with one attached hydrogen (secondary N) is 1. The van der Waals surface area contributed by atoms with Crippen molar-refractivity contribution in [2.24, 2.45) is 5.92 Å². The zero-order valence-electron chi connectivity index (χ0n) is 10.00. The first-order chi connectivity index (χ1) is 8.04. The molecule has 0 bridgehead atoms. The molecule has 1 aromatic rings. The van der Waals surface area contributed by atoms with Gasteiger partial charge in [0.2, 0.25) is 0 Å². The summed E-state index contributed by atoms with van der Waals surface area (Å²) in [5, 5.41) is 3.16. The number of hydrogen-bond acceptors (Lipinski definition) is 3. The second kappa shape index (κ2) is 6.47. The molecule has 17 heavy (non-hydrogen) atoms. The van der Waals surface area contributed by atoms with Gasteiger partial charge in [-0.1, -0.05) is 18.5 Å². The van der Waals surface area contributed by atoms with Crippen molar-refractivity contribution in [1.29, 1.82) is 0 Å². The fourth-order valence-electron chi connectivity index (χ4n) is 1.42. The number of nitrogens with two attached hydrogens (primary N) is 1. The lowest BCUT2D eigenvalue weighted by atomic mass is 10.1. The lowest BCUT2D eigenvalue weighted by Gasteiger charge is -2.12. The van der Waals surface area contributed by atoms with Crippen LogP contribution >= 0.6 is 11.6 Å². The van der Waals surface area contributed by atoms with Crippen LogP contribution < -0.4 is 11.1 Å². The van der Waals surface area contributed by atoms with E-state index in [4.69, 9.17) is 22.1 Å². The summed E-state index contributed by atoms with van der Waals surface area (Å²) < 4.78 is 4.99. The Morgan fingerprint density at radius 2 is 2.29 bits per heavy atom. The summed E-state index contributed by atoms with van der Waals surface area (Å²) >= 11 is 5.94. The zero-order chi connectivity index (χ0) is 12.8. The quantitative estimate of drug-likeness (QED) is 0.792. The summed E-state index contributed by atoms with van der Waals surface area (Å²) in [6, 6.07) is 4.84. The summed E-state index contributed by atoms with van der Waals surface area (Å²) in [6.07, 6.45) is 0. The maximum atomic E-state index is 11.8. The van der Waals surface area contributed by atoms with Crippen LogP contribution in [-0.2, 0) is 4.74 Å². The molecule has 1 amide bonds. The number of hydrogen-bond donors (Lipinski definition) is 2. The van der Waals surface area contributed by atoms with Crippen LogP contribution in [-0.4, -0.2) is 26.2 Å². The van der Waals surface area contributed by atoms with Crippen molar-refractivity contribution in [2.75, 3.05) is 26.0 Å². The molecule has 0 aromatic heterocycles. The molecule has 1 atom stereocenters. The van der Waals surface area contributed by atoms with Gasteiger partial charge in [-0.15, -0.1) is 0 Å². The van der Waals surface area contributed by atoms with Crippen molar-refractivity contribution < 1.29 is 9.53 Å². The molecule has 5 heteroatoms. The highest BCUT2D eigenvalue weighted by Crippen LogP contribution is 2.18. The topological polar surface area (TPSA) is 64.3 Å². The molecular weight excluding hydrogens is 240 g/mol. The minimum atomic E-state index is -0.196. The summed E-state index contributed by atoms with van der Waals surface area (Å²) in [5.41, 5.74) is 6.53. The van der Waals surface area contributed by atoms with E-state index in [1.165, 1.54) is 0 Å². The van der Waals surface area contributed by atoms with E-state index in [2.05, 4.69) is 5.32 Å². The van der Waals surface area contributed by atoms with Crippen molar-refractivity contribution in [2.45, 2.75) is 6.92 Å². The van der Waals surface area contributed by atoms with Crippen molar-refractivity contribution >= 4 is 23.2 Å². The van der Waals surface area contributed by atoms with Gasteiger partial charge in [0.25, 0.3) is 5.91 Å². The van der Waals surface area contributed by atoms with Crippen LogP contribution in [0.1, 0.15) is 17.3 Å². The molecule has 94 valence electrons. The molecule has 0 heterocycles. The van der Waals surface area contributed by atoms with Gasteiger partial charge in [0.05, 0.1) is 17.2 Å². The van der Waals surface area contributed by atoms with Crippen LogP contribution in [0.3, 0.4) is 0 Å². The number of amides is 1. The SMILES string of the molecule is COCC(C)CNC(=O)c1ccc(N)cc1Cl. The van der Waals surface area contributed by atoms with Gasteiger partial charge in [-0.25, -0.2) is 0 Å². The highest BCUT2D eigenvalue weighted by Gasteiger charge is 2.11. The van der Waals surface area contributed by atoms with Crippen LogP contribution in [0.5, 0.6) is 0 Å². The Morgan fingerprint density at radius 3 is 2.88 bits per heavy atom. The van der Waals surface area contributed by atoms with E-state index in [-0.39, 0.29) is 11.8 Å². The third kappa shape index (κ3) is 4.24. The predicted octanol–water partition coefficient (Wildman–Crippen LogP) is 1.93. The molecule has 0 saturated heterocycles. The van der Waals surface area contributed by atoms with Crippen LogP contribution in [0.4, 0.5) is 5.69 Å². The van der Waals surface area contributed by atoms with Gasteiger partial charge in [0.1, 0.15) is 0 Å². The largest absolute Gasteiger partial charge is 0.399 e. The molecule has 1 rings (SSSR count). The summed E-state index contributed by atoms with van der Waals surface area (Å²) in [5.74, 6) is 0.0643. The fourth-order valence-corrected chi connectivity index (χ4v) is 1.70. The second-order valence-electron chi connectivity index (χ2n) is 4.01. The van der Waals surface area contributed by atoms with Gasteiger partial charge < -0.3 is 15.8 Å². The fraction of sp³-hybridized carbons (Fsp3) is 0.417. The van der Waals surface area contributed by atoms with Gasteiger partial charge in [-0.2, -0.15) is 0 Å². The smallest absolute Gasteiger partial charge is 0.252 e. The molecule has 0 aliphatic carbocycles. The normalized spacial score (nSPS) is 12.2. The van der Waals surface area contributed by atoms with Gasteiger partial charge in [0.15, 0.2) is 0 Å². The second-order valence-corrected chi connectivity index (χ2v) is 4.42. The van der Waals surface area contributed by atoms with Crippen LogP contribution in [0.2, 0.25) is 5.02 Å². The number of ether oxygens (including phenoxy) is 1. The number of halogens is 1. The van der Waals surface area contributed by atoms with Crippen molar-refractivity contribution in [3.8, 4) is 0 Å². The Bertz CT molecular complexity index is 396. The number of rotatable bonds is 5. The molecule has 1 unspecified atom stereocenters. The Hall–Kier alpha value is -1.26. The zero-order valence-corrected chi connectivity index (χ0v) is 10.8. The standard InChI is InChI=1S/C12H17ClN2O2/c1-8(7-17-2)6-15-12(16)10-4-3-9(14)5-11(10)13/h3-5,8H,6-7,14H2,1-2H3,(H,15,16). The maximum Gasteiger partial charge on any atom is 0.252 e. The summed E-state index contributed by atoms with van der Waals surface area (Å²) in [7, 11) is 1.63. The Balaban J connectivity index is 2.58. The van der Waals surface area contributed by atoms with Crippen LogP contribution in [0.15, 0.2) is 18.2 Å². The molecule has 3 N–H and O–H groups in total. The third-order valence-electron chi connectivity index (χ3n) is 2.30. The number of carbonyl (C=O) groups is 1. The first-order valence-electron chi connectivity index (χ1n) is 5.36. The van der Waals surface area contributed by atoms with E-state index in [0.29, 0.717) is 29.4 Å². The van der Waals surface area contributed by atoms with Crippen molar-refractivity contribution in [1.82, 2.24) is 5.32 Å². The molecule has 0 aliphatic rings. The molecular formula is C12H17ClN2O2. The van der Waals surface area contributed by atoms with E-state index >= 15 is 0 Å². The van der Waals surface area contributed by atoms with Crippen molar-refractivity contribution in [3.63, 3.8) is 0 Å². The first-order valence-corrected chi connectivity index (χ1v) is 5.74. The molecule has 0 spiro atoms. The minimum Gasteiger partial charge on any atom is -0.399 e. The number of nitrogen functional groups attached to an aromatic ring is 1. The predicted molar refractivity (Wildman–Crippen MR) is 69.2 cm³/mol.